The number of hydrogen-bond donors (Lipinski definition) is 1. The number of halogens is 1. The third-order valence-corrected chi connectivity index (χ3v) is 6.31. The molecule has 4 aromatic rings. The second-order valence-corrected chi connectivity index (χ2v) is 8.73. The van der Waals surface area contributed by atoms with E-state index >= 15 is 0 Å². The van der Waals surface area contributed by atoms with Crippen LogP contribution in [0.4, 0.5) is 14.9 Å². The first-order valence-electron chi connectivity index (χ1n) is 11.3. The number of anilines is 1. The Kier molecular flexibility index (Phi) is 5.80. The van der Waals surface area contributed by atoms with Crippen molar-refractivity contribution in [1.29, 1.82) is 0 Å². The normalized spacial score (nSPS) is 14.7. The van der Waals surface area contributed by atoms with Crippen LogP contribution in [0.5, 0.6) is 0 Å². The average molecular weight is 455 g/mol. The molecule has 3 aromatic carbocycles. The standard InChI is InChI=1S/C28H27FN4O/c1-31(2)24-15-11-21(12-16-24)27-26-8-5-17-32(26)25-7-4-3-6-22(25)19-33(27)28(34)30-18-20-9-13-23(29)14-10-20/h3-17,27H,18-19H2,1-2H3,(H,30,34)/t27-/m0/s1. The summed E-state index contributed by atoms with van der Waals surface area (Å²) in [6.45, 7) is 0.789. The van der Waals surface area contributed by atoms with Crippen molar-refractivity contribution in [3.63, 3.8) is 0 Å². The first-order valence-corrected chi connectivity index (χ1v) is 11.3. The van der Waals surface area contributed by atoms with Gasteiger partial charge in [0.1, 0.15) is 5.82 Å². The van der Waals surface area contributed by atoms with Crippen molar-refractivity contribution in [1.82, 2.24) is 14.8 Å². The molecule has 172 valence electrons. The number of para-hydroxylation sites is 1. The highest BCUT2D eigenvalue weighted by molar-refractivity contribution is 5.76. The molecular formula is C28H27FN4O. The van der Waals surface area contributed by atoms with Gasteiger partial charge in [-0.15, -0.1) is 0 Å². The minimum absolute atomic E-state index is 0.171. The van der Waals surface area contributed by atoms with Gasteiger partial charge in [-0.3, -0.25) is 0 Å². The van der Waals surface area contributed by atoms with Gasteiger partial charge in [-0.2, -0.15) is 0 Å². The van der Waals surface area contributed by atoms with E-state index in [1.165, 1.54) is 12.1 Å². The van der Waals surface area contributed by atoms with E-state index in [9.17, 15) is 9.18 Å². The summed E-state index contributed by atoms with van der Waals surface area (Å²) in [5, 5.41) is 3.05. The molecule has 0 saturated heterocycles. The molecule has 0 bridgehead atoms. The second kappa shape index (κ2) is 9.06. The van der Waals surface area contributed by atoms with Gasteiger partial charge in [0.15, 0.2) is 0 Å². The summed E-state index contributed by atoms with van der Waals surface area (Å²) in [7, 11) is 4.02. The molecule has 1 aromatic heterocycles. The summed E-state index contributed by atoms with van der Waals surface area (Å²) >= 11 is 0. The number of aromatic nitrogens is 1. The van der Waals surface area contributed by atoms with Crippen LogP contribution in [0.2, 0.25) is 0 Å². The summed E-state index contributed by atoms with van der Waals surface area (Å²) in [5.74, 6) is -0.291. The molecular weight excluding hydrogens is 427 g/mol. The third kappa shape index (κ3) is 4.15. The molecule has 6 heteroatoms. The molecule has 0 aliphatic carbocycles. The first-order chi connectivity index (χ1) is 16.5. The summed E-state index contributed by atoms with van der Waals surface area (Å²) in [6, 6.07) is 26.4. The van der Waals surface area contributed by atoms with E-state index in [0.717, 1.165) is 33.8 Å². The summed E-state index contributed by atoms with van der Waals surface area (Å²) < 4.78 is 15.5. The third-order valence-electron chi connectivity index (χ3n) is 6.31. The molecule has 5 rings (SSSR count). The predicted molar refractivity (Wildman–Crippen MR) is 133 cm³/mol. The van der Waals surface area contributed by atoms with Gasteiger partial charge in [-0.05, 0) is 59.2 Å². The lowest BCUT2D eigenvalue weighted by Gasteiger charge is -2.31. The highest BCUT2D eigenvalue weighted by Gasteiger charge is 2.32. The molecule has 2 heterocycles. The van der Waals surface area contributed by atoms with Gasteiger partial charge in [-0.1, -0.05) is 42.5 Å². The lowest BCUT2D eigenvalue weighted by Crippen LogP contribution is -2.41. The van der Waals surface area contributed by atoms with E-state index in [4.69, 9.17) is 0 Å². The van der Waals surface area contributed by atoms with Crippen molar-refractivity contribution in [2.75, 3.05) is 19.0 Å². The van der Waals surface area contributed by atoms with E-state index in [1.807, 2.05) is 37.2 Å². The lowest BCUT2D eigenvalue weighted by atomic mass is 10.0. The molecule has 0 unspecified atom stereocenters. The van der Waals surface area contributed by atoms with Gasteiger partial charge in [0, 0.05) is 38.2 Å². The minimum atomic E-state index is -0.291. The lowest BCUT2D eigenvalue weighted by molar-refractivity contribution is 0.180. The molecule has 0 saturated carbocycles. The van der Waals surface area contributed by atoms with Crippen LogP contribution in [0.3, 0.4) is 0 Å². The molecule has 1 aliphatic rings. The maximum absolute atomic E-state index is 13.6. The van der Waals surface area contributed by atoms with Gasteiger partial charge >= 0.3 is 6.03 Å². The number of benzene rings is 3. The minimum Gasteiger partial charge on any atom is -0.378 e. The van der Waals surface area contributed by atoms with E-state index < -0.39 is 0 Å². The predicted octanol–water partition coefficient (Wildman–Crippen LogP) is 5.50. The summed E-state index contributed by atoms with van der Waals surface area (Å²) in [5.41, 5.74) is 6.16. The van der Waals surface area contributed by atoms with E-state index in [-0.39, 0.29) is 17.9 Å². The van der Waals surface area contributed by atoms with Crippen molar-refractivity contribution in [2.45, 2.75) is 19.1 Å². The number of fused-ring (bicyclic) bond motifs is 3. The summed E-state index contributed by atoms with van der Waals surface area (Å²) in [4.78, 5) is 17.6. The zero-order valence-electron chi connectivity index (χ0n) is 19.3. The van der Waals surface area contributed by atoms with Crippen LogP contribution in [0.25, 0.3) is 5.69 Å². The van der Waals surface area contributed by atoms with Crippen LogP contribution in [0.1, 0.15) is 28.4 Å². The Hall–Kier alpha value is -4.06. The zero-order valence-corrected chi connectivity index (χ0v) is 19.3. The SMILES string of the molecule is CN(C)c1ccc([C@H]2c3cccn3-c3ccccc3CN2C(=O)NCc2ccc(F)cc2)cc1. The highest BCUT2D eigenvalue weighted by Crippen LogP contribution is 2.37. The van der Waals surface area contributed by atoms with Crippen LogP contribution in [-0.4, -0.2) is 29.6 Å². The van der Waals surface area contributed by atoms with Gasteiger partial charge in [0.25, 0.3) is 0 Å². The fourth-order valence-electron chi connectivity index (χ4n) is 4.53. The Morgan fingerprint density at radius 1 is 0.971 bits per heavy atom. The maximum atomic E-state index is 13.6. The smallest absolute Gasteiger partial charge is 0.318 e. The molecule has 1 atom stereocenters. The quantitative estimate of drug-likeness (QED) is 0.443. The van der Waals surface area contributed by atoms with Crippen molar-refractivity contribution < 1.29 is 9.18 Å². The van der Waals surface area contributed by atoms with Crippen molar-refractivity contribution in [2.24, 2.45) is 0 Å². The Bertz CT molecular complexity index is 1290. The fourth-order valence-corrected chi connectivity index (χ4v) is 4.53. The zero-order chi connectivity index (χ0) is 23.7. The number of nitrogens with zero attached hydrogens (tertiary/aromatic N) is 3. The molecule has 1 N–H and O–H groups in total. The number of carbonyl (C=O) groups is 1. The van der Waals surface area contributed by atoms with Crippen LogP contribution < -0.4 is 10.2 Å². The molecule has 2 amide bonds. The number of nitrogens with one attached hydrogen (secondary N) is 1. The van der Waals surface area contributed by atoms with E-state index in [1.54, 1.807) is 12.1 Å². The maximum Gasteiger partial charge on any atom is 0.318 e. The number of carbonyl (C=O) groups excluding carboxylic acids is 1. The molecule has 0 radical (unpaired) electrons. The molecule has 0 fully saturated rings. The number of urea groups is 1. The van der Waals surface area contributed by atoms with Crippen LogP contribution in [0.15, 0.2) is 91.1 Å². The molecule has 34 heavy (non-hydrogen) atoms. The Labute approximate surface area is 199 Å². The van der Waals surface area contributed by atoms with Gasteiger partial charge < -0.3 is 19.7 Å². The van der Waals surface area contributed by atoms with Crippen LogP contribution >= 0.6 is 0 Å². The van der Waals surface area contributed by atoms with Crippen molar-refractivity contribution in [3.8, 4) is 5.69 Å². The number of hydrogen-bond acceptors (Lipinski definition) is 2. The topological polar surface area (TPSA) is 40.5 Å². The summed E-state index contributed by atoms with van der Waals surface area (Å²) in [6.07, 6.45) is 2.05. The Morgan fingerprint density at radius 2 is 1.71 bits per heavy atom. The van der Waals surface area contributed by atoms with Gasteiger partial charge in [-0.25, -0.2) is 9.18 Å². The number of amides is 2. The van der Waals surface area contributed by atoms with Gasteiger partial charge in [0.2, 0.25) is 0 Å². The second-order valence-electron chi connectivity index (χ2n) is 8.73. The van der Waals surface area contributed by atoms with Crippen molar-refractivity contribution in [3.05, 3.63) is 119 Å². The highest BCUT2D eigenvalue weighted by atomic mass is 19.1. The molecule has 0 spiro atoms. The fraction of sp³-hybridized carbons (Fsp3) is 0.179. The van der Waals surface area contributed by atoms with Crippen molar-refractivity contribution >= 4 is 11.7 Å². The Morgan fingerprint density at radius 3 is 2.44 bits per heavy atom. The first kappa shape index (κ1) is 21.8. The van der Waals surface area contributed by atoms with Crippen LogP contribution in [-0.2, 0) is 13.1 Å². The van der Waals surface area contributed by atoms with E-state index in [2.05, 4.69) is 63.4 Å². The van der Waals surface area contributed by atoms with E-state index in [0.29, 0.717) is 13.1 Å². The van der Waals surface area contributed by atoms with Gasteiger partial charge in [0.05, 0.1) is 18.3 Å². The number of rotatable bonds is 4. The Balaban J connectivity index is 1.54. The monoisotopic (exact) mass is 454 g/mol. The molecule has 1 aliphatic heterocycles. The average Bonchev–Trinajstić information content (AvgIpc) is 3.28. The largest absolute Gasteiger partial charge is 0.378 e. The molecule has 5 nitrogen and oxygen atoms in total. The van der Waals surface area contributed by atoms with Crippen LogP contribution in [0, 0.1) is 5.82 Å².